The molecule has 1 aromatic heterocycles. The van der Waals surface area contributed by atoms with E-state index in [-0.39, 0.29) is 6.23 Å². The molecule has 2 aromatic rings. The van der Waals surface area contributed by atoms with Crippen LogP contribution in [0.4, 0.5) is 0 Å². The monoisotopic (exact) mass is 255 g/mol. The van der Waals surface area contributed by atoms with Gasteiger partial charge in [0.1, 0.15) is 6.23 Å². The van der Waals surface area contributed by atoms with E-state index in [1.165, 1.54) is 5.56 Å². The van der Waals surface area contributed by atoms with Crippen LogP contribution in [0.3, 0.4) is 0 Å². The first-order chi connectivity index (χ1) is 9.33. The van der Waals surface area contributed by atoms with Gasteiger partial charge in [0.2, 0.25) is 0 Å². The van der Waals surface area contributed by atoms with E-state index >= 15 is 0 Å². The molecule has 1 saturated heterocycles. The van der Waals surface area contributed by atoms with Gasteiger partial charge in [0.25, 0.3) is 0 Å². The first kappa shape index (κ1) is 12.1. The van der Waals surface area contributed by atoms with E-state index in [4.69, 9.17) is 4.74 Å². The van der Waals surface area contributed by atoms with Gasteiger partial charge in [-0.1, -0.05) is 24.3 Å². The second-order valence-electron chi connectivity index (χ2n) is 4.76. The number of aryl methyl sites for hydroxylation is 1. The number of nitrogens with one attached hydrogen (secondary N) is 1. The van der Waals surface area contributed by atoms with Crippen LogP contribution in [0.25, 0.3) is 11.4 Å². The van der Waals surface area contributed by atoms with Crippen molar-refractivity contribution in [3.05, 3.63) is 42.2 Å². The lowest BCUT2D eigenvalue weighted by molar-refractivity contribution is 0.186. The first-order valence-corrected chi connectivity index (χ1v) is 6.61. The van der Waals surface area contributed by atoms with Crippen LogP contribution in [0, 0.1) is 6.92 Å². The lowest BCUT2D eigenvalue weighted by Crippen LogP contribution is -2.27. The molecule has 1 aliphatic heterocycles. The number of rotatable bonds is 3. The molecule has 4 nitrogen and oxygen atoms in total. The Labute approximate surface area is 112 Å². The van der Waals surface area contributed by atoms with E-state index in [0.29, 0.717) is 0 Å². The lowest BCUT2D eigenvalue weighted by Gasteiger charge is -2.13. The standard InChI is InChI=1S/C15H17N3O/c1-11-5-2-3-6-13(11)15-17-9-12(10-18-15)19-14-7-4-8-16-14/h2-3,5-6,9-10,14,16H,4,7-8H2,1H3. The predicted molar refractivity (Wildman–Crippen MR) is 73.9 cm³/mol. The van der Waals surface area contributed by atoms with Crippen molar-refractivity contribution < 1.29 is 4.74 Å². The summed E-state index contributed by atoms with van der Waals surface area (Å²) in [5, 5.41) is 3.28. The largest absolute Gasteiger partial charge is 0.472 e. The maximum absolute atomic E-state index is 5.76. The SMILES string of the molecule is Cc1ccccc1-c1ncc(OC2CCCN2)cn1. The van der Waals surface area contributed by atoms with Crippen molar-refractivity contribution in [1.29, 1.82) is 0 Å². The van der Waals surface area contributed by atoms with Crippen LogP contribution in [0.5, 0.6) is 5.75 Å². The van der Waals surface area contributed by atoms with Crippen molar-refractivity contribution >= 4 is 0 Å². The van der Waals surface area contributed by atoms with Gasteiger partial charge in [-0.2, -0.15) is 0 Å². The molecule has 98 valence electrons. The van der Waals surface area contributed by atoms with Crippen LogP contribution >= 0.6 is 0 Å². The van der Waals surface area contributed by atoms with E-state index in [0.717, 1.165) is 36.5 Å². The summed E-state index contributed by atoms with van der Waals surface area (Å²) in [5.74, 6) is 1.46. The zero-order valence-electron chi connectivity index (χ0n) is 11.0. The second-order valence-corrected chi connectivity index (χ2v) is 4.76. The lowest BCUT2D eigenvalue weighted by atomic mass is 10.1. The molecular weight excluding hydrogens is 238 g/mol. The fourth-order valence-electron chi connectivity index (χ4n) is 2.26. The molecule has 1 unspecified atom stereocenters. The maximum atomic E-state index is 5.76. The number of benzene rings is 1. The molecule has 2 heterocycles. The molecule has 3 rings (SSSR count). The molecule has 0 radical (unpaired) electrons. The molecule has 4 heteroatoms. The van der Waals surface area contributed by atoms with Crippen molar-refractivity contribution in [2.45, 2.75) is 26.0 Å². The minimum Gasteiger partial charge on any atom is -0.472 e. The molecular formula is C15H17N3O. The average Bonchev–Trinajstić information content (AvgIpc) is 2.93. The summed E-state index contributed by atoms with van der Waals surface area (Å²) in [5.41, 5.74) is 2.24. The van der Waals surface area contributed by atoms with Gasteiger partial charge in [0, 0.05) is 5.56 Å². The number of ether oxygens (including phenoxy) is 1. The van der Waals surface area contributed by atoms with Crippen molar-refractivity contribution in [2.24, 2.45) is 0 Å². The molecule has 0 spiro atoms. The van der Waals surface area contributed by atoms with Crippen LogP contribution in [0.15, 0.2) is 36.7 Å². The third kappa shape index (κ3) is 2.74. The summed E-state index contributed by atoms with van der Waals surface area (Å²) in [6.45, 7) is 3.08. The Bertz CT molecular complexity index is 548. The highest BCUT2D eigenvalue weighted by molar-refractivity contribution is 5.59. The van der Waals surface area contributed by atoms with Gasteiger partial charge in [-0.3, -0.25) is 5.32 Å². The van der Waals surface area contributed by atoms with Crippen molar-refractivity contribution in [3.63, 3.8) is 0 Å². The molecule has 1 N–H and O–H groups in total. The van der Waals surface area contributed by atoms with Gasteiger partial charge in [-0.15, -0.1) is 0 Å². The number of hydrogen-bond acceptors (Lipinski definition) is 4. The average molecular weight is 255 g/mol. The Hall–Kier alpha value is -1.94. The smallest absolute Gasteiger partial charge is 0.159 e. The minimum atomic E-state index is 0.105. The molecule has 1 fully saturated rings. The van der Waals surface area contributed by atoms with E-state index in [1.807, 2.05) is 18.2 Å². The molecule has 1 aliphatic rings. The second kappa shape index (κ2) is 5.36. The number of aromatic nitrogens is 2. The van der Waals surface area contributed by atoms with Crippen LogP contribution in [0.1, 0.15) is 18.4 Å². The number of hydrogen-bond donors (Lipinski definition) is 1. The normalized spacial score (nSPS) is 18.5. The summed E-state index contributed by atoms with van der Waals surface area (Å²) in [6, 6.07) is 8.11. The van der Waals surface area contributed by atoms with E-state index < -0.39 is 0 Å². The molecule has 19 heavy (non-hydrogen) atoms. The van der Waals surface area contributed by atoms with Crippen LogP contribution in [-0.4, -0.2) is 22.7 Å². The first-order valence-electron chi connectivity index (χ1n) is 6.61. The van der Waals surface area contributed by atoms with Gasteiger partial charge in [0.05, 0.1) is 12.4 Å². The topological polar surface area (TPSA) is 47.0 Å². The highest BCUT2D eigenvalue weighted by atomic mass is 16.5. The highest BCUT2D eigenvalue weighted by Gasteiger charge is 2.15. The van der Waals surface area contributed by atoms with Crippen molar-refractivity contribution in [3.8, 4) is 17.1 Å². The van der Waals surface area contributed by atoms with E-state index in [1.54, 1.807) is 12.4 Å². The quantitative estimate of drug-likeness (QED) is 0.915. The highest BCUT2D eigenvalue weighted by Crippen LogP contribution is 2.21. The Morgan fingerprint density at radius 1 is 1.21 bits per heavy atom. The van der Waals surface area contributed by atoms with Gasteiger partial charge in [0.15, 0.2) is 11.6 Å². The summed E-state index contributed by atoms with van der Waals surface area (Å²) >= 11 is 0. The Kier molecular flexibility index (Phi) is 3.42. The maximum Gasteiger partial charge on any atom is 0.159 e. The van der Waals surface area contributed by atoms with Crippen LogP contribution < -0.4 is 10.1 Å². The van der Waals surface area contributed by atoms with E-state index in [9.17, 15) is 0 Å². The third-order valence-corrected chi connectivity index (χ3v) is 3.31. The molecule has 0 aliphatic carbocycles. The molecule has 0 bridgehead atoms. The fourth-order valence-corrected chi connectivity index (χ4v) is 2.26. The summed E-state index contributed by atoms with van der Waals surface area (Å²) in [6.07, 6.45) is 5.79. The Morgan fingerprint density at radius 3 is 2.68 bits per heavy atom. The van der Waals surface area contributed by atoms with E-state index in [2.05, 4.69) is 28.3 Å². The van der Waals surface area contributed by atoms with Gasteiger partial charge in [-0.25, -0.2) is 9.97 Å². The summed E-state index contributed by atoms with van der Waals surface area (Å²) in [4.78, 5) is 8.78. The van der Waals surface area contributed by atoms with Crippen molar-refractivity contribution in [1.82, 2.24) is 15.3 Å². The Morgan fingerprint density at radius 2 is 2.00 bits per heavy atom. The minimum absolute atomic E-state index is 0.105. The molecule has 0 amide bonds. The number of nitrogens with zero attached hydrogens (tertiary/aromatic N) is 2. The zero-order valence-corrected chi connectivity index (χ0v) is 11.0. The molecule has 1 aromatic carbocycles. The zero-order chi connectivity index (χ0) is 13.1. The predicted octanol–water partition coefficient (Wildman–Crippen LogP) is 2.54. The third-order valence-electron chi connectivity index (χ3n) is 3.31. The van der Waals surface area contributed by atoms with Gasteiger partial charge < -0.3 is 4.74 Å². The van der Waals surface area contributed by atoms with Crippen LogP contribution in [0.2, 0.25) is 0 Å². The molecule has 0 saturated carbocycles. The summed E-state index contributed by atoms with van der Waals surface area (Å²) < 4.78 is 5.76. The van der Waals surface area contributed by atoms with Crippen molar-refractivity contribution in [2.75, 3.05) is 6.54 Å². The van der Waals surface area contributed by atoms with Gasteiger partial charge >= 0.3 is 0 Å². The summed E-state index contributed by atoms with van der Waals surface area (Å²) in [7, 11) is 0. The van der Waals surface area contributed by atoms with Gasteiger partial charge in [-0.05, 0) is 31.9 Å². The van der Waals surface area contributed by atoms with Crippen LogP contribution in [-0.2, 0) is 0 Å². The molecule has 1 atom stereocenters. The Balaban J connectivity index is 1.77. The fraction of sp³-hybridized carbons (Fsp3) is 0.333.